The highest BCUT2D eigenvalue weighted by Gasteiger charge is 2.32. The Morgan fingerprint density at radius 3 is 2.25 bits per heavy atom. The molecule has 0 radical (unpaired) electrons. The Morgan fingerprint density at radius 2 is 1.64 bits per heavy atom. The molecule has 1 aliphatic rings. The number of para-hydroxylation sites is 1. The van der Waals surface area contributed by atoms with Crippen LogP contribution in [0.2, 0.25) is 0 Å². The number of sulfonamides is 1. The average molecular weight is 518 g/mol. The van der Waals surface area contributed by atoms with Crippen LogP contribution in [0.5, 0.6) is 0 Å². The summed E-state index contributed by atoms with van der Waals surface area (Å²) in [5.41, 5.74) is 1.45. The van der Waals surface area contributed by atoms with Gasteiger partial charge in [0.15, 0.2) is 0 Å². The van der Waals surface area contributed by atoms with Crippen molar-refractivity contribution in [2.24, 2.45) is 0 Å². The number of rotatable bonds is 10. The van der Waals surface area contributed by atoms with E-state index in [0.29, 0.717) is 12.1 Å². The lowest BCUT2D eigenvalue weighted by molar-refractivity contribution is -0.139. The van der Waals surface area contributed by atoms with Gasteiger partial charge >= 0.3 is 0 Å². The van der Waals surface area contributed by atoms with Crippen molar-refractivity contribution in [3.8, 4) is 0 Å². The lowest BCUT2D eigenvalue weighted by Gasteiger charge is -2.33. The number of hydrogen-bond donors (Lipinski definition) is 1. The van der Waals surface area contributed by atoms with E-state index in [-0.39, 0.29) is 24.1 Å². The molecule has 9 heteroatoms. The topological polar surface area (TPSA) is 86.8 Å². The van der Waals surface area contributed by atoms with Crippen molar-refractivity contribution in [2.45, 2.75) is 71.0 Å². The molecular formula is C27H36FN3O4S. The van der Waals surface area contributed by atoms with Crippen LogP contribution in [-0.4, -0.2) is 50.0 Å². The van der Waals surface area contributed by atoms with E-state index in [9.17, 15) is 22.4 Å². The van der Waals surface area contributed by atoms with Crippen molar-refractivity contribution in [2.75, 3.05) is 17.1 Å². The molecule has 2 aromatic rings. The average Bonchev–Trinajstić information content (AvgIpc) is 2.86. The molecule has 0 unspecified atom stereocenters. The standard InChI is InChI=1S/C27H36FN3O4S/c1-4-21-12-9-11-17-25(21)31(36(3,34)35)19-26(32)30(18-22-13-8-10-16-24(22)28)20(2)27(33)29-23-14-6-5-7-15-23/h8-13,16-17,20,23H,4-7,14-15,18-19H2,1-3H3,(H,29,33)/t20-/m0/s1. The number of anilines is 1. The van der Waals surface area contributed by atoms with Crippen LogP contribution < -0.4 is 9.62 Å². The largest absolute Gasteiger partial charge is 0.352 e. The van der Waals surface area contributed by atoms with Crippen LogP contribution in [0, 0.1) is 5.82 Å². The Balaban J connectivity index is 1.90. The van der Waals surface area contributed by atoms with E-state index in [4.69, 9.17) is 0 Å². The molecule has 3 rings (SSSR count). The molecule has 0 saturated heterocycles. The van der Waals surface area contributed by atoms with E-state index >= 15 is 0 Å². The molecule has 2 amide bonds. The molecule has 1 atom stereocenters. The van der Waals surface area contributed by atoms with Crippen molar-refractivity contribution in [1.82, 2.24) is 10.2 Å². The number of nitrogens with one attached hydrogen (secondary N) is 1. The zero-order chi connectivity index (χ0) is 26.3. The first-order chi connectivity index (χ1) is 17.1. The molecule has 36 heavy (non-hydrogen) atoms. The van der Waals surface area contributed by atoms with Crippen LogP contribution in [-0.2, 0) is 32.6 Å². The zero-order valence-electron chi connectivity index (χ0n) is 21.2. The smallest absolute Gasteiger partial charge is 0.244 e. The Bertz CT molecular complexity index is 1170. The van der Waals surface area contributed by atoms with Crippen LogP contribution in [0.15, 0.2) is 48.5 Å². The Hall–Kier alpha value is -2.94. The number of nitrogens with zero attached hydrogens (tertiary/aromatic N) is 2. The summed E-state index contributed by atoms with van der Waals surface area (Å²) in [6.07, 6.45) is 6.61. The first kappa shape index (κ1) is 27.6. The number of benzene rings is 2. The summed E-state index contributed by atoms with van der Waals surface area (Å²) < 4.78 is 41.1. The molecule has 0 aromatic heterocycles. The zero-order valence-corrected chi connectivity index (χ0v) is 22.1. The quantitative estimate of drug-likeness (QED) is 0.516. The molecule has 0 heterocycles. The van der Waals surface area contributed by atoms with Crippen LogP contribution >= 0.6 is 0 Å². The SMILES string of the molecule is CCc1ccccc1N(CC(=O)N(Cc1ccccc1F)[C@@H](C)C(=O)NC1CCCCC1)S(C)(=O)=O. The molecule has 0 spiro atoms. The summed E-state index contributed by atoms with van der Waals surface area (Å²) in [6.45, 7) is 2.86. The maximum Gasteiger partial charge on any atom is 0.244 e. The predicted octanol–water partition coefficient (Wildman–Crippen LogP) is 4.02. The number of halogens is 1. The van der Waals surface area contributed by atoms with Gasteiger partial charge in [-0.25, -0.2) is 12.8 Å². The second kappa shape index (κ2) is 12.3. The third-order valence-electron chi connectivity index (χ3n) is 6.74. The van der Waals surface area contributed by atoms with Crippen molar-refractivity contribution in [1.29, 1.82) is 0 Å². The summed E-state index contributed by atoms with van der Waals surface area (Å²) in [5, 5.41) is 3.03. The fourth-order valence-electron chi connectivity index (χ4n) is 4.61. The van der Waals surface area contributed by atoms with E-state index in [2.05, 4.69) is 5.32 Å². The number of carbonyl (C=O) groups excluding carboxylic acids is 2. The number of carbonyl (C=O) groups is 2. The maximum atomic E-state index is 14.5. The Labute approximate surface area is 213 Å². The van der Waals surface area contributed by atoms with Gasteiger partial charge in [-0.2, -0.15) is 0 Å². The highest BCUT2D eigenvalue weighted by molar-refractivity contribution is 7.92. The number of hydrogen-bond acceptors (Lipinski definition) is 4. The minimum atomic E-state index is -3.82. The third-order valence-corrected chi connectivity index (χ3v) is 7.86. The van der Waals surface area contributed by atoms with Crippen LogP contribution in [0.25, 0.3) is 0 Å². The molecular weight excluding hydrogens is 481 g/mol. The second-order valence-electron chi connectivity index (χ2n) is 9.38. The van der Waals surface area contributed by atoms with E-state index in [1.54, 1.807) is 37.3 Å². The predicted molar refractivity (Wildman–Crippen MR) is 139 cm³/mol. The Morgan fingerprint density at radius 1 is 1.03 bits per heavy atom. The number of amides is 2. The van der Waals surface area contributed by atoms with Gasteiger partial charge in [-0.05, 0) is 43.9 Å². The normalized spacial score (nSPS) is 15.2. The monoisotopic (exact) mass is 517 g/mol. The van der Waals surface area contributed by atoms with E-state index in [1.165, 1.54) is 11.0 Å². The second-order valence-corrected chi connectivity index (χ2v) is 11.3. The molecule has 0 aliphatic heterocycles. The molecule has 1 fully saturated rings. The molecule has 2 aromatic carbocycles. The van der Waals surface area contributed by atoms with E-state index in [1.807, 2.05) is 19.1 Å². The van der Waals surface area contributed by atoms with Gasteiger partial charge in [0, 0.05) is 18.2 Å². The molecule has 196 valence electrons. The minimum Gasteiger partial charge on any atom is -0.352 e. The fraction of sp³-hybridized carbons (Fsp3) is 0.481. The molecule has 1 aliphatic carbocycles. The van der Waals surface area contributed by atoms with Gasteiger partial charge < -0.3 is 10.2 Å². The van der Waals surface area contributed by atoms with Gasteiger partial charge in [-0.15, -0.1) is 0 Å². The van der Waals surface area contributed by atoms with Crippen LogP contribution in [0.4, 0.5) is 10.1 Å². The first-order valence-electron chi connectivity index (χ1n) is 12.5. The Kier molecular flexibility index (Phi) is 9.48. The molecule has 1 N–H and O–H groups in total. The summed E-state index contributed by atoms with van der Waals surface area (Å²) >= 11 is 0. The van der Waals surface area contributed by atoms with E-state index < -0.39 is 34.3 Å². The van der Waals surface area contributed by atoms with Gasteiger partial charge in [-0.3, -0.25) is 13.9 Å². The highest BCUT2D eigenvalue weighted by Crippen LogP contribution is 2.24. The van der Waals surface area contributed by atoms with Gasteiger partial charge in [0.25, 0.3) is 0 Å². The highest BCUT2D eigenvalue weighted by atomic mass is 32.2. The maximum absolute atomic E-state index is 14.5. The van der Waals surface area contributed by atoms with Gasteiger partial charge in [-0.1, -0.05) is 62.6 Å². The van der Waals surface area contributed by atoms with Crippen molar-refractivity contribution >= 4 is 27.5 Å². The van der Waals surface area contributed by atoms with Gasteiger partial charge in [0.2, 0.25) is 21.8 Å². The fourth-order valence-corrected chi connectivity index (χ4v) is 5.49. The summed E-state index contributed by atoms with van der Waals surface area (Å²) in [6, 6.07) is 12.2. The van der Waals surface area contributed by atoms with Gasteiger partial charge in [0.1, 0.15) is 18.4 Å². The summed E-state index contributed by atoms with van der Waals surface area (Å²) in [5.74, 6) is -1.40. The molecule has 0 bridgehead atoms. The summed E-state index contributed by atoms with van der Waals surface area (Å²) in [7, 11) is -3.82. The molecule has 7 nitrogen and oxygen atoms in total. The summed E-state index contributed by atoms with van der Waals surface area (Å²) in [4.78, 5) is 28.1. The first-order valence-corrected chi connectivity index (χ1v) is 14.4. The van der Waals surface area contributed by atoms with Crippen molar-refractivity contribution in [3.05, 3.63) is 65.5 Å². The minimum absolute atomic E-state index is 0.0445. The lowest BCUT2D eigenvalue weighted by atomic mass is 9.95. The number of aryl methyl sites for hydroxylation is 1. The van der Waals surface area contributed by atoms with Crippen LogP contribution in [0.3, 0.4) is 0 Å². The van der Waals surface area contributed by atoms with Crippen LogP contribution in [0.1, 0.15) is 57.1 Å². The van der Waals surface area contributed by atoms with Crippen molar-refractivity contribution in [3.63, 3.8) is 0 Å². The lowest BCUT2D eigenvalue weighted by Crippen LogP contribution is -2.53. The van der Waals surface area contributed by atoms with Gasteiger partial charge in [0.05, 0.1) is 11.9 Å². The molecule has 1 saturated carbocycles. The van der Waals surface area contributed by atoms with Crippen molar-refractivity contribution < 1.29 is 22.4 Å². The third kappa shape index (κ3) is 7.06. The van der Waals surface area contributed by atoms with E-state index in [0.717, 1.165) is 48.2 Å².